The molecule has 1 fully saturated rings. The molecule has 1 heterocycles. The molecule has 0 bridgehead atoms. The Hall–Kier alpha value is 1.30. The van der Waals surface area contributed by atoms with Gasteiger partial charge < -0.3 is 0 Å². The van der Waals surface area contributed by atoms with Gasteiger partial charge in [-0.3, -0.25) is 0 Å². The highest BCUT2D eigenvalue weighted by molar-refractivity contribution is 7.19. The molecular formula is C5H22Si6. The van der Waals surface area contributed by atoms with Crippen molar-refractivity contribution in [2.45, 2.75) is 28.3 Å². The van der Waals surface area contributed by atoms with Gasteiger partial charge in [-0.15, -0.1) is 0 Å². The third-order valence-electron chi connectivity index (χ3n) is 2.94. The average molecular weight is 251 g/mol. The van der Waals surface area contributed by atoms with Crippen LogP contribution in [0.5, 0.6) is 0 Å². The fraction of sp³-hybridized carbons (Fsp3) is 1.00. The highest BCUT2D eigenvalue weighted by Crippen LogP contribution is 2.06. The summed E-state index contributed by atoms with van der Waals surface area (Å²) in [5, 5.41) is 0. The van der Waals surface area contributed by atoms with Gasteiger partial charge in [-0.25, -0.2) is 0 Å². The first-order chi connectivity index (χ1) is 5.43. The summed E-state index contributed by atoms with van der Waals surface area (Å²) >= 11 is 0. The van der Waals surface area contributed by atoms with Crippen molar-refractivity contribution < 1.29 is 0 Å². The van der Waals surface area contributed by atoms with Crippen molar-refractivity contribution in [3.05, 3.63) is 0 Å². The topological polar surface area (TPSA) is 0 Å². The van der Waals surface area contributed by atoms with Crippen molar-refractivity contribution in [2.75, 3.05) is 0 Å². The largest absolute Gasteiger partial charge is 0.0752 e. The highest BCUT2D eigenvalue weighted by atomic mass is 29.2. The van der Waals surface area contributed by atoms with Gasteiger partial charge in [-0.1, -0.05) is 28.3 Å². The molecule has 0 aliphatic carbocycles. The van der Waals surface area contributed by atoms with Crippen LogP contribution in [0.15, 0.2) is 0 Å². The van der Waals surface area contributed by atoms with Crippen LogP contribution in [0.3, 0.4) is 0 Å². The molecule has 0 aromatic heterocycles. The van der Waals surface area contributed by atoms with E-state index < -0.39 is 0 Å². The van der Waals surface area contributed by atoms with E-state index in [0.717, 1.165) is 0 Å². The normalized spacial score (nSPS) is 32.2. The van der Waals surface area contributed by atoms with Gasteiger partial charge in [0.15, 0.2) is 0 Å². The molecule has 0 unspecified atom stereocenters. The van der Waals surface area contributed by atoms with Gasteiger partial charge in [0.1, 0.15) is 0 Å². The van der Waals surface area contributed by atoms with Gasteiger partial charge in [0.25, 0.3) is 0 Å². The molecule has 0 nitrogen and oxygen atoms in total. The second kappa shape index (κ2) is 6.78. The molecule has 6 heteroatoms. The minimum Gasteiger partial charge on any atom is -0.0752 e. The summed E-state index contributed by atoms with van der Waals surface area (Å²) in [5.41, 5.74) is 9.38. The Morgan fingerprint density at radius 1 is 1.36 bits per heavy atom. The van der Waals surface area contributed by atoms with Crippen LogP contribution in [0.2, 0.25) is 28.3 Å². The molecular weight excluding hydrogens is 229 g/mol. The van der Waals surface area contributed by atoms with Crippen LogP contribution in [0.4, 0.5) is 0 Å². The lowest BCUT2D eigenvalue weighted by Gasteiger charge is -2.18. The molecule has 0 atom stereocenters. The molecule has 0 radical (unpaired) electrons. The second-order valence-corrected chi connectivity index (χ2v) is 27.9. The van der Waals surface area contributed by atoms with Gasteiger partial charge in [0, 0.05) is 45.9 Å². The summed E-state index contributed by atoms with van der Waals surface area (Å²) in [6.07, 6.45) is 0. The molecule has 0 aromatic carbocycles. The van der Waals surface area contributed by atoms with E-state index in [9.17, 15) is 0 Å². The van der Waals surface area contributed by atoms with Crippen molar-refractivity contribution in [1.29, 1.82) is 0 Å². The van der Waals surface area contributed by atoms with E-state index in [1.807, 2.05) is 22.7 Å². The lowest BCUT2D eigenvalue weighted by atomic mass is 11.8. The molecule has 0 spiro atoms. The Kier molecular flexibility index (Phi) is 6.40. The lowest BCUT2D eigenvalue weighted by Crippen LogP contribution is -2.31. The van der Waals surface area contributed by atoms with Gasteiger partial charge >= 0.3 is 0 Å². The number of hydrogen-bond donors (Lipinski definition) is 0. The molecule has 0 aromatic rings. The van der Waals surface area contributed by atoms with Crippen LogP contribution in [0, 0.1) is 0 Å². The first-order valence-corrected chi connectivity index (χ1v) is 18.7. The zero-order chi connectivity index (χ0) is 7.94. The zero-order valence-corrected chi connectivity index (χ0v) is 16.8. The fourth-order valence-corrected chi connectivity index (χ4v) is 49.9. The van der Waals surface area contributed by atoms with Gasteiger partial charge in [0.2, 0.25) is 0 Å². The van der Waals surface area contributed by atoms with Crippen LogP contribution < -0.4 is 0 Å². The van der Waals surface area contributed by atoms with Crippen LogP contribution in [-0.2, 0) is 0 Å². The van der Waals surface area contributed by atoms with Crippen molar-refractivity contribution in [3.63, 3.8) is 0 Å². The predicted molar refractivity (Wildman–Crippen MR) is 75.3 cm³/mol. The Morgan fingerprint density at radius 2 is 2.09 bits per heavy atom. The minimum absolute atomic E-state index is 0.155. The SMILES string of the molecule is [SiH3]C[SiH2]C[SiH2][SiH]1C[SiH2]C[SiH2]C1. The smallest absolute Gasteiger partial charge is 0.0176 e. The first-order valence-electron chi connectivity index (χ1n) is 5.43. The quantitative estimate of drug-likeness (QED) is 0.365. The van der Waals surface area contributed by atoms with Crippen LogP contribution in [-0.4, -0.2) is 56.2 Å². The molecule has 1 rings (SSSR count). The summed E-state index contributed by atoms with van der Waals surface area (Å²) in [7, 11) is 4.12. The lowest BCUT2D eigenvalue weighted by molar-refractivity contribution is 1.68. The average Bonchev–Trinajstić information content (AvgIpc) is 2.07. The van der Waals surface area contributed by atoms with E-state index in [4.69, 9.17) is 0 Å². The third kappa shape index (κ3) is 4.78. The minimum atomic E-state index is 0.155. The monoisotopic (exact) mass is 250 g/mol. The van der Waals surface area contributed by atoms with Crippen molar-refractivity contribution in [1.82, 2.24) is 0 Å². The molecule has 11 heavy (non-hydrogen) atoms. The molecule has 0 saturated carbocycles. The Bertz CT molecular complexity index is 91.0. The Labute approximate surface area is 84.4 Å². The van der Waals surface area contributed by atoms with Crippen molar-refractivity contribution in [3.8, 4) is 0 Å². The van der Waals surface area contributed by atoms with E-state index in [1.54, 1.807) is 5.67 Å². The van der Waals surface area contributed by atoms with Crippen molar-refractivity contribution in [2.24, 2.45) is 0 Å². The summed E-state index contributed by atoms with van der Waals surface area (Å²) in [4.78, 5) is 0. The molecule has 1 aliphatic rings. The number of rotatable bonds is 4. The Morgan fingerprint density at radius 3 is 2.73 bits per heavy atom. The van der Waals surface area contributed by atoms with E-state index in [2.05, 4.69) is 0 Å². The van der Waals surface area contributed by atoms with E-state index in [0.29, 0.717) is 37.6 Å². The molecule has 0 N–H and O–H groups in total. The molecule has 66 valence electrons. The highest BCUT2D eigenvalue weighted by Gasteiger charge is 2.14. The van der Waals surface area contributed by atoms with Crippen LogP contribution in [0.1, 0.15) is 0 Å². The summed E-state index contributed by atoms with van der Waals surface area (Å²) < 4.78 is 0. The van der Waals surface area contributed by atoms with Gasteiger partial charge in [-0.05, 0) is 10.2 Å². The first kappa shape index (κ1) is 10.4. The van der Waals surface area contributed by atoms with E-state index >= 15 is 0 Å². The summed E-state index contributed by atoms with van der Waals surface area (Å²) in [6, 6.07) is 0. The standard InChI is InChI=1S/C5H22Si6/c6-1-7-3-10-11-4-8-2-9-5-11/h11H,1-5,7-10H2,6H3. The van der Waals surface area contributed by atoms with Gasteiger partial charge in [0.05, 0.1) is 0 Å². The molecule has 1 aliphatic heterocycles. The Balaban J connectivity index is 1.96. The maximum absolute atomic E-state index is 1.94. The summed E-state index contributed by atoms with van der Waals surface area (Å²) in [5.74, 6) is 0. The van der Waals surface area contributed by atoms with Gasteiger partial charge in [-0.2, -0.15) is 0 Å². The van der Waals surface area contributed by atoms with E-state index in [1.165, 1.54) is 10.2 Å². The predicted octanol–water partition coefficient (Wildman–Crippen LogP) is -3.19. The third-order valence-corrected chi connectivity index (χ3v) is 37.5. The van der Waals surface area contributed by atoms with E-state index in [-0.39, 0.29) is 8.31 Å². The molecule has 0 amide bonds. The second-order valence-electron chi connectivity index (χ2n) is 4.00. The maximum atomic E-state index is 1.94. The summed E-state index contributed by atoms with van der Waals surface area (Å²) in [6.45, 7) is 0. The van der Waals surface area contributed by atoms with Crippen LogP contribution >= 0.6 is 0 Å². The van der Waals surface area contributed by atoms with Crippen LogP contribution in [0.25, 0.3) is 0 Å². The zero-order valence-electron chi connectivity index (χ0n) is 7.94. The van der Waals surface area contributed by atoms with Crippen molar-refractivity contribution >= 4 is 56.2 Å². The maximum Gasteiger partial charge on any atom is 0.0176 e. The fourth-order valence-electron chi connectivity index (χ4n) is 2.16. The number of hydrogen-bond acceptors (Lipinski definition) is 0. The molecule has 1 saturated heterocycles.